The summed E-state index contributed by atoms with van der Waals surface area (Å²) in [4.78, 5) is 15.2. The molecule has 1 unspecified atom stereocenters. The number of rotatable bonds is 6. The van der Waals surface area contributed by atoms with Crippen LogP contribution in [0, 0.1) is 5.92 Å². The van der Waals surface area contributed by atoms with Gasteiger partial charge >= 0.3 is 5.97 Å². The lowest BCUT2D eigenvalue weighted by Crippen LogP contribution is -2.33. The third-order valence-corrected chi connectivity index (χ3v) is 3.98. The van der Waals surface area contributed by atoms with E-state index in [0.29, 0.717) is 6.04 Å². The van der Waals surface area contributed by atoms with Crippen molar-refractivity contribution in [1.29, 1.82) is 0 Å². The van der Waals surface area contributed by atoms with Gasteiger partial charge in [0, 0.05) is 24.0 Å². The molecule has 1 aliphatic carbocycles. The van der Waals surface area contributed by atoms with Crippen molar-refractivity contribution < 1.29 is 9.53 Å². The molecule has 0 aromatic carbocycles. The van der Waals surface area contributed by atoms with Gasteiger partial charge in [-0.15, -0.1) is 11.3 Å². The normalized spacial score (nSPS) is 17.1. The molecule has 1 aliphatic rings. The molecule has 0 saturated heterocycles. The predicted molar refractivity (Wildman–Crippen MR) is 68.9 cm³/mol. The first-order valence-corrected chi connectivity index (χ1v) is 6.93. The second kappa shape index (κ2) is 5.65. The molecule has 4 heteroatoms. The van der Waals surface area contributed by atoms with Crippen molar-refractivity contribution >= 4 is 17.3 Å². The molecule has 3 nitrogen and oxygen atoms in total. The molecule has 1 aromatic heterocycles. The molecule has 1 aromatic rings. The van der Waals surface area contributed by atoms with E-state index in [1.54, 1.807) is 11.3 Å². The Hall–Kier alpha value is -0.870. The SMILES string of the molecule is COC(=O)C(C)CN(Cc1cccs1)C1CC1. The summed E-state index contributed by atoms with van der Waals surface area (Å²) in [6.07, 6.45) is 2.53. The largest absolute Gasteiger partial charge is 0.469 e. The van der Waals surface area contributed by atoms with Crippen LogP contribution in [0.1, 0.15) is 24.6 Å². The highest BCUT2D eigenvalue weighted by atomic mass is 32.1. The first-order chi connectivity index (χ1) is 8.20. The molecular formula is C13H19NO2S. The zero-order chi connectivity index (χ0) is 12.3. The van der Waals surface area contributed by atoms with Gasteiger partial charge in [-0.1, -0.05) is 13.0 Å². The van der Waals surface area contributed by atoms with Crippen LogP contribution in [-0.2, 0) is 16.1 Å². The van der Waals surface area contributed by atoms with E-state index in [-0.39, 0.29) is 11.9 Å². The van der Waals surface area contributed by atoms with Gasteiger partial charge in [-0.3, -0.25) is 9.69 Å². The van der Waals surface area contributed by atoms with E-state index in [2.05, 4.69) is 22.4 Å². The van der Waals surface area contributed by atoms with E-state index in [0.717, 1.165) is 13.1 Å². The summed E-state index contributed by atoms with van der Waals surface area (Å²) < 4.78 is 4.79. The number of thiophene rings is 1. The van der Waals surface area contributed by atoms with Gasteiger partial charge in [-0.25, -0.2) is 0 Å². The predicted octanol–water partition coefficient (Wildman–Crippen LogP) is 2.52. The maximum absolute atomic E-state index is 11.4. The zero-order valence-electron chi connectivity index (χ0n) is 10.4. The van der Waals surface area contributed by atoms with E-state index in [1.807, 2.05) is 6.92 Å². The van der Waals surface area contributed by atoms with Gasteiger partial charge < -0.3 is 4.74 Å². The first-order valence-electron chi connectivity index (χ1n) is 6.05. The smallest absolute Gasteiger partial charge is 0.309 e. The lowest BCUT2D eigenvalue weighted by Gasteiger charge is -2.23. The van der Waals surface area contributed by atoms with Crippen LogP contribution in [0.4, 0.5) is 0 Å². The fourth-order valence-corrected chi connectivity index (χ4v) is 2.74. The monoisotopic (exact) mass is 253 g/mol. The molecule has 0 bridgehead atoms. The van der Waals surface area contributed by atoms with Gasteiger partial charge in [0.15, 0.2) is 0 Å². The third kappa shape index (κ3) is 3.54. The topological polar surface area (TPSA) is 29.5 Å². The standard InChI is InChI=1S/C13H19NO2S/c1-10(13(15)16-2)8-14(11-5-6-11)9-12-4-3-7-17-12/h3-4,7,10-11H,5-6,8-9H2,1-2H3. The number of ether oxygens (including phenoxy) is 1. The minimum Gasteiger partial charge on any atom is -0.469 e. The Morgan fingerprint density at radius 1 is 1.65 bits per heavy atom. The highest BCUT2D eigenvalue weighted by molar-refractivity contribution is 7.09. The summed E-state index contributed by atoms with van der Waals surface area (Å²) in [7, 11) is 1.46. The van der Waals surface area contributed by atoms with Gasteiger partial charge in [0.1, 0.15) is 0 Å². The van der Waals surface area contributed by atoms with E-state index < -0.39 is 0 Å². The van der Waals surface area contributed by atoms with Gasteiger partial charge in [0.2, 0.25) is 0 Å². The van der Waals surface area contributed by atoms with Crippen LogP contribution in [0.3, 0.4) is 0 Å². The van der Waals surface area contributed by atoms with E-state index in [4.69, 9.17) is 4.74 Å². The molecule has 1 atom stereocenters. The fraction of sp³-hybridized carbons (Fsp3) is 0.615. The van der Waals surface area contributed by atoms with Crippen LogP contribution >= 0.6 is 11.3 Å². The molecule has 0 amide bonds. The molecule has 1 saturated carbocycles. The summed E-state index contributed by atoms with van der Waals surface area (Å²) in [5.74, 6) is -0.151. The Bertz CT molecular complexity index is 360. The molecule has 0 aliphatic heterocycles. The maximum atomic E-state index is 11.4. The van der Waals surface area contributed by atoms with Crippen LogP contribution in [-0.4, -0.2) is 30.6 Å². The van der Waals surface area contributed by atoms with Crippen molar-refractivity contribution in [3.8, 4) is 0 Å². The molecule has 94 valence electrons. The molecule has 0 radical (unpaired) electrons. The van der Waals surface area contributed by atoms with Crippen LogP contribution in [0.2, 0.25) is 0 Å². The Balaban J connectivity index is 1.91. The lowest BCUT2D eigenvalue weighted by atomic mass is 10.1. The molecule has 17 heavy (non-hydrogen) atoms. The average Bonchev–Trinajstić information content (AvgIpc) is 3.06. The minimum atomic E-state index is -0.109. The fourth-order valence-electron chi connectivity index (χ4n) is 2.01. The lowest BCUT2D eigenvalue weighted by molar-refractivity contribution is -0.145. The minimum absolute atomic E-state index is 0.0411. The molecule has 1 heterocycles. The van der Waals surface area contributed by atoms with Crippen LogP contribution in [0.5, 0.6) is 0 Å². The molecule has 1 fully saturated rings. The highest BCUT2D eigenvalue weighted by Crippen LogP contribution is 2.29. The quantitative estimate of drug-likeness (QED) is 0.730. The number of esters is 1. The zero-order valence-corrected chi connectivity index (χ0v) is 11.2. The van der Waals surface area contributed by atoms with Crippen molar-refractivity contribution in [2.24, 2.45) is 5.92 Å². The highest BCUT2D eigenvalue weighted by Gasteiger charge is 2.31. The molecular weight excluding hydrogens is 234 g/mol. The second-order valence-electron chi connectivity index (χ2n) is 4.66. The van der Waals surface area contributed by atoms with Gasteiger partial charge in [-0.05, 0) is 24.3 Å². The van der Waals surface area contributed by atoms with Crippen molar-refractivity contribution in [3.05, 3.63) is 22.4 Å². The molecule has 2 rings (SSSR count). The van der Waals surface area contributed by atoms with Crippen molar-refractivity contribution in [2.45, 2.75) is 32.4 Å². The third-order valence-electron chi connectivity index (χ3n) is 3.11. The van der Waals surface area contributed by atoms with Crippen LogP contribution in [0.25, 0.3) is 0 Å². The Morgan fingerprint density at radius 2 is 2.41 bits per heavy atom. The Kier molecular flexibility index (Phi) is 4.18. The summed E-state index contributed by atoms with van der Waals surface area (Å²) >= 11 is 1.78. The average molecular weight is 253 g/mol. The summed E-state index contributed by atoms with van der Waals surface area (Å²) in [6.45, 7) is 3.70. The number of methoxy groups -OCH3 is 1. The summed E-state index contributed by atoms with van der Waals surface area (Å²) in [6, 6.07) is 4.90. The van der Waals surface area contributed by atoms with Gasteiger partial charge in [-0.2, -0.15) is 0 Å². The van der Waals surface area contributed by atoms with Crippen LogP contribution in [0.15, 0.2) is 17.5 Å². The molecule has 0 spiro atoms. The summed E-state index contributed by atoms with van der Waals surface area (Å²) in [5, 5.41) is 2.10. The van der Waals surface area contributed by atoms with Gasteiger partial charge in [0.25, 0.3) is 0 Å². The summed E-state index contributed by atoms with van der Waals surface area (Å²) in [5.41, 5.74) is 0. The van der Waals surface area contributed by atoms with E-state index in [1.165, 1.54) is 24.8 Å². The van der Waals surface area contributed by atoms with Crippen LogP contribution < -0.4 is 0 Å². The van der Waals surface area contributed by atoms with Crippen molar-refractivity contribution in [1.82, 2.24) is 4.90 Å². The number of carbonyl (C=O) groups excluding carboxylic acids is 1. The van der Waals surface area contributed by atoms with Gasteiger partial charge in [0.05, 0.1) is 13.0 Å². The molecule has 0 N–H and O–H groups in total. The Morgan fingerprint density at radius 3 is 2.94 bits per heavy atom. The number of nitrogens with zero attached hydrogens (tertiary/aromatic N) is 1. The van der Waals surface area contributed by atoms with Crippen molar-refractivity contribution in [2.75, 3.05) is 13.7 Å². The number of hydrogen-bond donors (Lipinski definition) is 0. The number of hydrogen-bond acceptors (Lipinski definition) is 4. The second-order valence-corrected chi connectivity index (χ2v) is 5.70. The van der Waals surface area contributed by atoms with Crippen molar-refractivity contribution in [3.63, 3.8) is 0 Å². The maximum Gasteiger partial charge on any atom is 0.309 e. The Labute approximate surface area is 106 Å². The van der Waals surface area contributed by atoms with E-state index in [9.17, 15) is 4.79 Å². The first kappa shape index (κ1) is 12.6. The van der Waals surface area contributed by atoms with E-state index >= 15 is 0 Å². The number of carbonyl (C=O) groups is 1.